The molecule has 0 unspecified atom stereocenters. The average molecular weight is 172 g/mol. The van der Waals surface area contributed by atoms with E-state index in [0.29, 0.717) is 6.54 Å². The Morgan fingerprint density at radius 1 is 1.30 bits per heavy atom. The van der Waals surface area contributed by atoms with E-state index < -0.39 is 5.97 Å². The molecule has 10 heavy (non-hydrogen) atoms. The summed E-state index contributed by atoms with van der Waals surface area (Å²) in [7, 11) is 0. The van der Waals surface area contributed by atoms with Gasteiger partial charge in [-0.1, -0.05) is 6.92 Å². The normalized spacial score (nSPS) is 10.8. The van der Waals surface area contributed by atoms with Crippen molar-refractivity contribution in [2.45, 2.75) is 19.3 Å². The molecule has 0 bridgehead atoms. The minimum absolute atomic E-state index is 0. The minimum Gasteiger partial charge on any atom is -0.343 e. The number of aliphatic hydroxyl groups is 3. The van der Waals surface area contributed by atoms with Crippen molar-refractivity contribution >= 4 is 12.4 Å². The van der Waals surface area contributed by atoms with Gasteiger partial charge < -0.3 is 20.6 Å². The molecule has 0 fully saturated rings. The molecule has 0 aliphatic heterocycles. The Hall–Kier alpha value is 0.130. The summed E-state index contributed by atoms with van der Waals surface area (Å²) in [4.78, 5) is 0. The van der Waals surface area contributed by atoms with Crippen LogP contribution in [-0.4, -0.2) is 34.4 Å². The van der Waals surface area contributed by atoms with Crippen LogP contribution in [0.15, 0.2) is 0 Å². The van der Waals surface area contributed by atoms with Gasteiger partial charge >= 0.3 is 0 Å². The molecular formula is C5H14ClNO3. The fourth-order valence-corrected chi connectivity index (χ4v) is 0.433. The van der Waals surface area contributed by atoms with E-state index in [1.54, 1.807) is 0 Å². The van der Waals surface area contributed by atoms with E-state index in [2.05, 4.69) is 5.32 Å². The van der Waals surface area contributed by atoms with E-state index in [-0.39, 0.29) is 19.0 Å². The number of hydrogen-bond acceptors (Lipinski definition) is 4. The van der Waals surface area contributed by atoms with E-state index in [0.717, 1.165) is 6.42 Å². The van der Waals surface area contributed by atoms with Gasteiger partial charge in [-0.15, -0.1) is 12.4 Å². The number of halogens is 1. The summed E-state index contributed by atoms with van der Waals surface area (Å²) in [6.45, 7) is 2.41. The van der Waals surface area contributed by atoms with Crippen molar-refractivity contribution in [3.8, 4) is 0 Å². The predicted molar refractivity (Wildman–Crippen MR) is 39.8 cm³/mol. The van der Waals surface area contributed by atoms with Gasteiger partial charge in [-0.3, -0.25) is 0 Å². The molecule has 0 spiro atoms. The molecule has 0 aromatic heterocycles. The number of nitrogens with one attached hydrogen (secondary N) is 1. The molecule has 0 saturated heterocycles. The largest absolute Gasteiger partial charge is 0.343 e. The molecule has 0 aliphatic rings. The highest BCUT2D eigenvalue weighted by molar-refractivity contribution is 5.85. The molecule has 0 rings (SSSR count). The van der Waals surface area contributed by atoms with Crippen LogP contribution in [0.1, 0.15) is 13.3 Å². The van der Waals surface area contributed by atoms with Crippen molar-refractivity contribution in [2.75, 3.05) is 13.1 Å². The molecule has 4 N–H and O–H groups in total. The van der Waals surface area contributed by atoms with Crippen LogP contribution >= 0.6 is 12.4 Å². The topological polar surface area (TPSA) is 72.7 Å². The van der Waals surface area contributed by atoms with Crippen LogP contribution in [0, 0.1) is 0 Å². The summed E-state index contributed by atoms with van der Waals surface area (Å²) in [6, 6.07) is 0. The van der Waals surface area contributed by atoms with Crippen LogP contribution in [0.5, 0.6) is 0 Å². The third-order valence-electron chi connectivity index (χ3n) is 0.789. The van der Waals surface area contributed by atoms with Gasteiger partial charge in [-0.25, -0.2) is 0 Å². The van der Waals surface area contributed by atoms with Gasteiger partial charge in [-0.2, -0.15) is 0 Å². The highest BCUT2D eigenvalue weighted by atomic mass is 35.5. The first-order valence-electron chi connectivity index (χ1n) is 2.94. The molecular weight excluding hydrogens is 158 g/mol. The molecule has 0 saturated carbocycles. The molecule has 0 amide bonds. The van der Waals surface area contributed by atoms with Crippen LogP contribution in [-0.2, 0) is 0 Å². The van der Waals surface area contributed by atoms with Gasteiger partial charge in [0.25, 0.3) is 5.97 Å². The smallest absolute Gasteiger partial charge is 0.288 e. The first-order chi connectivity index (χ1) is 4.06. The Labute approximate surface area is 66.3 Å². The van der Waals surface area contributed by atoms with Crippen LogP contribution in [0.25, 0.3) is 0 Å². The second-order valence-corrected chi connectivity index (χ2v) is 1.95. The SMILES string of the molecule is CCCNCC(O)(O)O.Cl. The van der Waals surface area contributed by atoms with Crippen molar-refractivity contribution in [1.82, 2.24) is 5.32 Å². The van der Waals surface area contributed by atoms with E-state index in [1.807, 2.05) is 6.92 Å². The van der Waals surface area contributed by atoms with Gasteiger partial charge in [-0.05, 0) is 13.0 Å². The number of rotatable bonds is 4. The summed E-state index contributed by atoms with van der Waals surface area (Å²) >= 11 is 0. The Balaban J connectivity index is 0. The molecule has 0 aromatic rings. The monoisotopic (exact) mass is 171 g/mol. The van der Waals surface area contributed by atoms with Crippen molar-refractivity contribution in [2.24, 2.45) is 0 Å². The maximum atomic E-state index is 8.29. The highest BCUT2D eigenvalue weighted by Crippen LogP contribution is 1.87. The minimum atomic E-state index is -2.56. The highest BCUT2D eigenvalue weighted by Gasteiger charge is 2.15. The van der Waals surface area contributed by atoms with E-state index in [4.69, 9.17) is 15.3 Å². The molecule has 4 nitrogen and oxygen atoms in total. The second-order valence-electron chi connectivity index (χ2n) is 1.95. The van der Waals surface area contributed by atoms with E-state index >= 15 is 0 Å². The summed E-state index contributed by atoms with van der Waals surface area (Å²) in [5, 5.41) is 27.5. The van der Waals surface area contributed by atoms with Gasteiger partial charge in [0.05, 0.1) is 6.54 Å². The molecule has 0 heterocycles. The molecule has 0 atom stereocenters. The summed E-state index contributed by atoms with van der Waals surface area (Å²) in [5.74, 6) is -2.56. The lowest BCUT2D eigenvalue weighted by atomic mass is 10.4. The first-order valence-corrected chi connectivity index (χ1v) is 2.94. The molecule has 0 aromatic carbocycles. The lowest BCUT2D eigenvalue weighted by molar-refractivity contribution is -0.306. The molecule has 64 valence electrons. The lowest BCUT2D eigenvalue weighted by Crippen LogP contribution is -2.40. The first kappa shape index (κ1) is 12.8. The van der Waals surface area contributed by atoms with E-state index in [1.165, 1.54) is 0 Å². The fraction of sp³-hybridized carbons (Fsp3) is 1.00. The third-order valence-corrected chi connectivity index (χ3v) is 0.789. The Bertz CT molecular complexity index is 73.8. The van der Waals surface area contributed by atoms with Crippen molar-refractivity contribution in [1.29, 1.82) is 0 Å². The van der Waals surface area contributed by atoms with Crippen molar-refractivity contribution in [3.63, 3.8) is 0 Å². The van der Waals surface area contributed by atoms with Crippen LogP contribution in [0.2, 0.25) is 0 Å². The zero-order valence-corrected chi connectivity index (χ0v) is 6.69. The molecule has 0 aliphatic carbocycles. The van der Waals surface area contributed by atoms with E-state index in [9.17, 15) is 0 Å². The van der Waals surface area contributed by atoms with Crippen molar-refractivity contribution < 1.29 is 15.3 Å². The quantitative estimate of drug-likeness (QED) is 0.325. The average Bonchev–Trinajstić information content (AvgIpc) is 1.63. The van der Waals surface area contributed by atoms with Gasteiger partial charge in [0.1, 0.15) is 0 Å². The summed E-state index contributed by atoms with van der Waals surface area (Å²) < 4.78 is 0. The maximum absolute atomic E-state index is 8.29. The lowest BCUT2D eigenvalue weighted by Gasteiger charge is -2.13. The van der Waals surface area contributed by atoms with Gasteiger partial charge in [0.15, 0.2) is 0 Å². The fourth-order valence-electron chi connectivity index (χ4n) is 0.433. The predicted octanol–water partition coefficient (Wildman–Crippen LogP) is -0.961. The standard InChI is InChI=1S/C5H13NO3.ClH/c1-2-3-6-4-5(7,8)9;/h6-9H,2-4H2,1H3;1H. The molecule has 0 radical (unpaired) electrons. The Kier molecular flexibility index (Phi) is 7.51. The van der Waals surface area contributed by atoms with Crippen LogP contribution < -0.4 is 5.32 Å². The Morgan fingerprint density at radius 2 is 1.80 bits per heavy atom. The zero-order valence-electron chi connectivity index (χ0n) is 5.87. The Morgan fingerprint density at radius 3 is 2.10 bits per heavy atom. The third kappa shape index (κ3) is 11.0. The molecule has 5 heteroatoms. The van der Waals surface area contributed by atoms with Gasteiger partial charge in [0, 0.05) is 0 Å². The number of hydrogen-bond donors (Lipinski definition) is 4. The summed E-state index contributed by atoms with van der Waals surface area (Å²) in [6.07, 6.45) is 0.899. The maximum Gasteiger partial charge on any atom is 0.288 e. The van der Waals surface area contributed by atoms with Crippen LogP contribution in [0.4, 0.5) is 0 Å². The van der Waals surface area contributed by atoms with Crippen LogP contribution in [0.3, 0.4) is 0 Å². The second kappa shape index (κ2) is 5.88. The summed E-state index contributed by atoms with van der Waals surface area (Å²) in [5.41, 5.74) is 0. The zero-order chi connectivity index (χ0) is 7.33. The van der Waals surface area contributed by atoms with Gasteiger partial charge in [0.2, 0.25) is 0 Å². The van der Waals surface area contributed by atoms with Crippen molar-refractivity contribution in [3.05, 3.63) is 0 Å².